The van der Waals surface area contributed by atoms with Crippen LogP contribution < -0.4 is 0 Å². The zero-order chi connectivity index (χ0) is 12.2. The van der Waals surface area contributed by atoms with Gasteiger partial charge in [0.15, 0.2) is 5.76 Å². The fourth-order valence-electron chi connectivity index (χ4n) is 1.47. The van der Waals surface area contributed by atoms with Gasteiger partial charge in [0.1, 0.15) is 0 Å². The number of hydrogen-bond donors (Lipinski definition) is 1. The van der Waals surface area contributed by atoms with Crippen LogP contribution in [-0.4, -0.2) is 30.7 Å². The number of ether oxygens (including phenoxy) is 2. The lowest BCUT2D eigenvalue weighted by Gasteiger charge is -2.32. The Morgan fingerprint density at radius 3 is 2.56 bits per heavy atom. The van der Waals surface area contributed by atoms with Gasteiger partial charge < -0.3 is 14.6 Å². The lowest BCUT2D eigenvalue weighted by Crippen LogP contribution is -2.51. The summed E-state index contributed by atoms with van der Waals surface area (Å²) in [5, 5.41) is 9.95. The Hall–Kier alpha value is -1.47. The van der Waals surface area contributed by atoms with Gasteiger partial charge in [0, 0.05) is 6.42 Å². The first kappa shape index (κ1) is 12.6. The Balaban J connectivity index is 2.82. The van der Waals surface area contributed by atoms with E-state index in [4.69, 9.17) is 9.47 Å². The summed E-state index contributed by atoms with van der Waals surface area (Å²) in [5.41, 5.74) is -1.80. The monoisotopic (exact) mass is 224 g/mol. The van der Waals surface area contributed by atoms with Crippen molar-refractivity contribution in [1.29, 1.82) is 0 Å². The Kier molecular flexibility index (Phi) is 3.97. The minimum Gasteiger partial charge on any atom is -0.493 e. The predicted octanol–water partition coefficient (Wildman–Crippen LogP) is 0.998. The van der Waals surface area contributed by atoms with E-state index in [1.165, 1.54) is 14.2 Å². The van der Waals surface area contributed by atoms with Crippen molar-refractivity contribution < 1.29 is 19.4 Å². The number of Topliss-reactive ketones (excluding diaryl/α,β-unsaturated/α-hetero) is 1. The summed E-state index contributed by atoms with van der Waals surface area (Å²) >= 11 is 0. The van der Waals surface area contributed by atoms with Crippen molar-refractivity contribution in [3.63, 3.8) is 0 Å². The number of methoxy groups -OCH3 is 2. The number of unbranched alkanes of at least 4 members (excludes halogenated alkanes) is 2. The van der Waals surface area contributed by atoms with E-state index >= 15 is 0 Å². The van der Waals surface area contributed by atoms with Gasteiger partial charge in [0.2, 0.25) is 5.76 Å². The minimum absolute atomic E-state index is 0.0507. The lowest BCUT2D eigenvalue weighted by molar-refractivity contribution is -0.138. The van der Waals surface area contributed by atoms with Crippen LogP contribution in [0.15, 0.2) is 11.5 Å². The molecule has 0 fully saturated rings. The quantitative estimate of drug-likeness (QED) is 0.571. The second kappa shape index (κ2) is 5.04. The molecule has 0 bridgehead atoms. The summed E-state index contributed by atoms with van der Waals surface area (Å²) in [6.07, 6.45) is 2.63. The van der Waals surface area contributed by atoms with E-state index in [-0.39, 0.29) is 11.5 Å². The normalized spacial score (nSPS) is 23.4. The first-order valence-electron chi connectivity index (χ1n) is 5.21. The molecule has 1 atom stereocenters. The van der Waals surface area contributed by atoms with Gasteiger partial charge >= 0.3 is 0 Å². The summed E-state index contributed by atoms with van der Waals surface area (Å²) in [6.45, 7) is 2.05. The number of hydrogen-bond acceptors (Lipinski definition) is 4. The Labute approximate surface area is 95.2 Å². The van der Waals surface area contributed by atoms with Crippen molar-refractivity contribution in [2.75, 3.05) is 14.2 Å². The second-order valence-corrected chi connectivity index (χ2v) is 3.51. The first-order chi connectivity index (χ1) is 7.61. The fourth-order valence-corrected chi connectivity index (χ4v) is 1.47. The van der Waals surface area contributed by atoms with E-state index in [0.29, 0.717) is 6.42 Å². The van der Waals surface area contributed by atoms with Crippen molar-refractivity contribution in [2.45, 2.75) is 31.8 Å². The van der Waals surface area contributed by atoms with E-state index in [2.05, 4.69) is 18.8 Å². The number of ketones is 1. The average Bonchev–Trinajstić information content (AvgIpc) is 2.30. The number of carbonyl (C=O) groups is 1. The minimum atomic E-state index is -1.80. The van der Waals surface area contributed by atoms with Crippen molar-refractivity contribution in [3.05, 3.63) is 11.5 Å². The van der Waals surface area contributed by atoms with Gasteiger partial charge in [-0.15, -0.1) is 0 Å². The molecule has 0 spiro atoms. The number of rotatable bonds is 4. The van der Waals surface area contributed by atoms with Crippen LogP contribution in [0.5, 0.6) is 0 Å². The van der Waals surface area contributed by atoms with Gasteiger partial charge in [-0.2, -0.15) is 0 Å². The number of aliphatic hydroxyl groups is 1. The molecule has 0 saturated carbocycles. The summed E-state index contributed by atoms with van der Waals surface area (Å²) in [5.74, 6) is 4.94. The third-order valence-corrected chi connectivity index (χ3v) is 2.40. The number of carbonyl (C=O) groups excluding carboxylic acids is 1. The van der Waals surface area contributed by atoms with Crippen LogP contribution in [0, 0.1) is 11.8 Å². The van der Waals surface area contributed by atoms with Crippen LogP contribution in [0.3, 0.4) is 0 Å². The highest BCUT2D eigenvalue weighted by molar-refractivity contribution is 6.12. The molecule has 1 aliphatic rings. The molecule has 0 aromatic carbocycles. The molecule has 88 valence electrons. The molecule has 1 aliphatic carbocycles. The predicted molar refractivity (Wildman–Crippen MR) is 58.3 cm³/mol. The first-order valence-corrected chi connectivity index (χ1v) is 5.21. The van der Waals surface area contributed by atoms with Gasteiger partial charge in [-0.05, 0) is 6.42 Å². The largest absolute Gasteiger partial charge is 0.493 e. The topological polar surface area (TPSA) is 55.8 Å². The molecular weight excluding hydrogens is 208 g/mol. The maximum atomic E-state index is 11.5. The van der Waals surface area contributed by atoms with Crippen LogP contribution in [0.4, 0.5) is 0 Å². The van der Waals surface area contributed by atoms with Crippen LogP contribution in [0.25, 0.3) is 0 Å². The van der Waals surface area contributed by atoms with E-state index in [0.717, 1.165) is 12.8 Å². The van der Waals surface area contributed by atoms with Crippen molar-refractivity contribution in [3.8, 4) is 11.8 Å². The zero-order valence-corrected chi connectivity index (χ0v) is 9.79. The van der Waals surface area contributed by atoms with Crippen LogP contribution in [0.1, 0.15) is 26.2 Å². The van der Waals surface area contributed by atoms with E-state index in [1.54, 1.807) is 0 Å². The molecule has 1 unspecified atom stereocenters. The standard InChI is InChI=1S/C12H16O4/c1-4-5-6-7-8-12(14)10(13)9(15-2)11(12)16-3/h14H,4-6H2,1-3H3. The molecule has 0 aromatic rings. The third kappa shape index (κ3) is 1.91. The molecule has 0 radical (unpaired) electrons. The van der Waals surface area contributed by atoms with E-state index in [1.807, 2.05) is 0 Å². The summed E-state index contributed by atoms with van der Waals surface area (Å²) < 4.78 is 9.72. The molecule has 1 rings (SSSR count). The molecule has 4 heteroatoms. The smallest absolute Gasteiger partial charge is 0.254 e. The molecule has 0 amide bonds. The highest BCUT2D eigenvalue weighted by Gasteiger charge is 2.55. The second-order valence-electron chi connectivity index (χ2n) is 3.51. The molecule has 0 saturated heterocycles. The molecule has 4 nitrogen and oxygen atoms in total. The molecule has 1 N–H and O–H groups in total. The molecule has 0 aromatic heterocycles. The Morgan fingerprint density at radius 2 is 2.06 bits per heavy atom. The maximum Gasteiger partial charge on any atom is 0.254 e. The van der Waals surface area contributed by atoms with Crippen LogP contribution in [-0.2, 0) is 14.3 Å². The van der Waals surface area contributed by atoms with Crippen molar-refractivity contribution >= 4 is 5.78 Å². The lowest BCUT2D eigenvalue weighted by atomic mass is 9.83. The molecule has 0 aliphatic heterocycles. The molecular formula is C12H16O4. The van der Waals surface area contributed by atoms with Crippen molar-refractivity contribution in [1.82, 2.24) is 0 Å². The van der Waals surface area contributed by atoms with Crippen LogP contribution >= 0.6 is 0 Å². The van der Waals surface area contributed by atoms with E-state index in [9.17, 15) is 9.90 Å². The van der Waals surface area contributed by atoms with Gasteiger partial charge in [0.05, 0.1) is 14.2 Å². The molecule has 16 heavy (non-hydrogen) atoms. The summed E-state index contributed by atoms with van der Waals surface area (Å²) in [6, 6.07) is 0. The van der Waals surface area contributed by atoms with Gasteiger partial charge in [-0.3, -0.25) is 4.79 Å². The highest BCUT2D eigenvalue weighted by atomic mass is 16.5. The molecule has 0 heterocycles. The van der Waals surface area contributed by atoms with E-state index < -0.39 is 11.4 Å². The Morgan fingerprint density at radius 1 is 1.38 bits per heavy atom. The summed E-state index contributed by atoms with van der Waals surface area (Å²) in [4.78, 5) is 11.5. The average molecular weight is 224 g/mol. The van der Waals surface area contributed by atoms with Gasteiger partial charge in [0.25, 0.3) is 11.4 Å². The maximum absolute atomic E-state index is 11.5. The Bertz CT molecular complexity index is 372. The zero-order valence-electron chi connectivity index (χ0n) is 9.79. The van der Waals surface area contributed by atoms with Crippen molar-refractivity contribution in [2.24, 2.45) is 0 Å². The van der Waals surface area contributed by atoms with Gasteiger partial charge in [-0.25, -0.2) is 0 Å². The third-order valence-electron chi connectivity index (χ3n) is 2.40. The SMILES string of the molecule is CCCCC#CC1(O)C(=O)C(OC)=C1OC. The highest BCUT2D eigenvalue weighted by Crippen LogP contribution is 2.35. The fraction of sp³-hybridized carbons (Fsp3) is 0.583. The van der Waals surface area contributed by atoms with Gasteiger partial charge in [-0.1, -0.05) is 25.2 Å². The van der Waals surface area contributed by atoms with Crippen LogP contribution in [0.2, 0.25) is 0 Å². The summed E-state index contributed by atoms with van der Waals surface area (Å²) in [7, 11) is 2.73.